The van der Waals surface area contributed by atoms with Crippen molar-refractivity contribution >= 4 is 5.91 Å². The van der Waals surface area contributed by atoms with E-state index in [0.717, 1.165) is 5.32 Å². The number of hydrogen-bond acceptors (Lipinski definition) is 2. The summed E-state index contributed by atoms with van der Waals surface area (Å²) in [5.74, 6) is -0.197. The first-order chi connectivity index (χ1) is 2.77. The third-order valence-corrected chi connectivity index (χ3v) is 0.268. The smallest absolute Gasteiger partial charge is 0.230 e. The van der Waals surface area contributed by atoms with Crippen molar-refractivity contribution in [3.8, 4) is 6.19 Å². The first kappa shape index (κ1) is 5.12. The zero-order chi connectivity index (χ0) is 4.99. The molecule has 0 radical (unpaired) electrons. The summed E-state index contributed by atoms with van der Waals surface area (Å²) in [6, 6.07) is 0. The number of nitriles is 1. The number of carbonyl (C=O) groups is 1. The maximum atomic E-state index is 9.77. The molecule has 0 aromatic carbocycles. The van der Waals surface area contributed by atoms with Gasteiger partial charge >= 0.3 is 12.1 Å². The van der Waals surface area contributed by atoms with Crippen molar-refractivity contribution in [2.24, 2.45) is 0 Å². The molecule has 6 heavy (non-hydrogen) atoms. The predicted octanol–water partition coefficient (Wildman–Crippen LogP) is -1.42. The Labute approximate surface area is 35.6 Å². The van der Waals surface area contributed by atoms with Gasteiger partial charge in [-0.1, -0.05) is 0 Å². The van der Waals surface area contributed by atoms with Gasteiger partial charge in [0.25, 0.3) is 0 Å². The number of quaternary nitrogens is 1. The standard InChI is InChI=1S/C3H4N2O/c1-3(6)5-2-4/h1H3,(H,5,6)/p+1. The molecule has 0 fully saturated rings. The van der Waals surface area contributed by atoms with Crippen molar-refractivity contribution in [3.05, 3.63) is 0 Å². The van der Waals surface area contributed by atoms with Gasteiger partial charge in [-0.15, -0.1) is 5.26 Å². The highest BCUT2D eigenvalue weighted by molar-refractivity contribution is 5.62. The lowest BCUT2D eigenvalue weighted by molar-refractivity contribution is -0.480. The van der Waals surface area contributed by atoms with Gasteiger partial charge in [0.05, 0.1) is 6.92 Å². The molecule has 0 unspecified atom stereocenters. The van der Waals surface area contributed by atoms with Crippen LogP contribution < -0.4 is 5.32 Å². The monoisotopic (exact) mass is 85.0 g/mol. The molecule has 3 nitrogen and oxygen atoms in total. The van der Waals surface area contributed by atoms with Crippen LogP contribution in [0, 0.1) is 11.5 Å². The third kappa shape index (κ3) is 3.12. The van der Waals surface area contributed by atoms with Crippen LogP contribution in [0.5, 0.6) is 0 Å². The van der Waals surface area contributed by atoms with Crippen LogP contribution in [-0.4, -0.2) is 5.91 Å². The van der Waals surface area contributed by atoms with Gasteiger partial charge in [0.1, 0.15) is 0 Å². The highest BCUT2D eigenvalue weighted by Crippen LogP contribution is 1.33. The third-order valence-electron chi connectivity index (χ3n) is 0.268. The SMILES string of the molecule is CC(=O)[NH2+]C#N. The van der Waals surface area contributed by atoms with Crippen LogP contribution >= 0.6 is 0 Å². The summed E-state index contributed by atoms with van der Waals surface area (Å²) in [6.07, 6.45) is 1.59. The Morgan fingerprint density at radius 1 is 2.00 bits per heavy atom. The molecular weight excluding hydrogens is 80.0 g/mol. The largest absolute Gasteiger partial charge is 0.321 e. The first-order valence-electron chi connectivity index (χ1n) is 1.51. The second-order valence-corrected chi connectivity index (χ2v) is 0.884. The van der Waals surface area contributed by atoms with Crippen molar-refractivity contribution < 1.29 is 10.1 Å². The summed E-state index contributed by atoms with van der Waals surface area (Å²) in [5, 5.41) is 8.67. The van der Waals surface area contributed by atoms with E-state index in [1.165, 1.54) is 6.92 Å². The summed E-state index contributed by atoms with van der Waals surface area (Å²) in [4.78, 5) is 9.77. The van der Waals surface area contributed by atoms with Gasteiger partial charge in [-0.05, 0) is 0 Å². The molecule has 0 atom stereocenters. The first-order valence-corrected chi connectivity index (χ1v) is 1.51. The lowest BCUT2D eigenvalue weighted by Gasteiger charge is -1.68. The zero-order valence-electron chi connectivity index (χ0n) is 3.43. The number of primary amides is 1. The molecule has 0 heterocycles. The van der Waals surface area contributed by atoms with E-state index in [1.807, 2.05) is 0 Å². The molecule has 1 amide bonds. The van der Waals surface area contributed by atoms with Crippen LogP contribution in [0.1, 0.15) is 6.92 Å². The Hall–Kier alpha value is -0.880. The van der Waals surface area contributed by atoms with E-state index in [4.69, 9.17) is 5.26 Å². The summed E-state index contributed by atoms with van der Waals surface area (Å²) in [6.45, 7) is 1.34. The van der Waals surface area contributed by atoms with E-state index < -0.39 is 0 Å². The number of hydrogen-bond donors (Lipinski definition) is 1. The van der Waals surface area contributed by atoms with Crippen molar-refractivity contribution in [2.45, 2.75) is 6.92 Å². The fourth-order valence-electron chi connectivity index (χ4n) is 0.0909. The Kier molecular flexibility index (Phi) is 2.02. The molecule has 0 rings (SSSR count). The van der Waals surface area contributed by atoms with Crippen LogP contribution in [-0.2, 0) is 4.79 Å². The van der Waals surface area contributed by atoms with Crippen molar-refractivity contribution in [1.82, 2.24) is 0 Å². The van der Waals surface area contributed by atoms with Gasteiger partial charge in [-0.25, -0.2) is 4.79 Å². The molecule has 0 aliphatic carbocycles. The normalized spacial score (nSPS) is 6.67. The van der Waals surface area contributed by atoms with Crippen molar-refractivity contribution in [3.63, 3.8) is 0 Å². The van der Waals surface area contributed by atoms with Gasteiger partial charge < -0.3 is 0 Å². The maximum absolute atomic E-state index is 9.77. The van der Waals surface area contributed by atoms with Gasteiger partial charge in [-0.3, -0.25) is 0 Å². The molecular formula is C3H5N2O+. The van der Waals surface area contributed by atoms with Gasteiger partial charge in [0.15, 0.2) is 0 Å². The van der Waals surface area contributed by atoms with Crippen LogP contribution in [0.2, 0.25) is 0 Å². The molecule has 0 saturated heterocycles. The van der Waals surface area contributed by atoms with E-state index >= 15 is 0 Å². The molecule has 32 valence electrons. The minimum Gasteiger partial charge on any atom is -0.230 e. The van der Waals surface area contributed by atoms with Crippen LogP contribution in [0.25, 0.3) is 0 Å². The predicted molar refractivity (Wildman–Crippen MR) is 18.2 cm³/mol. The van der Waals surface area contributed by atoms with E-state index in [0.29, 0.717) is 0 Å². The van der Waals surface area contributed by atoms with Crippen LogP contribution in [0.3, 0.4) is 0 Å². The highest BCUT2D eigenvalue weighted by Gasteiger charge is 1.87. The van der Waals surface area contributed by atoms with Crippen LogP contribution in [0.15, 0.2) is 0 Å². The number of nitrogens with zero attached hydrogens (tertiary/aromatic N) is 1. The lowest BCUT2D eigenvalue weighted by atomic mass is 10.7. The molecule has 0 aliphatic heterocycles. The molecule has 0 saturated carbocycles. The van der Waals surface area contributed by atoms with Gasteiger partial charge in [-0.2, -0.15) is 5.32 Å². The minimum absolute atomic E-state index is 0.197. The quantitative estimate of drug-likeness (QED) is 0.367. The average Bonchev–Trinajstić information content (AvgIpc) is 1.35. The second-order valence-electron chi connectivity index (χ2n) is 0.884. The summed E-state index contributed by atoms with van der Waals surface area (Å²) in [7, 11) is 0. The maximum Gasteiger partial charge on any atom is 0.321 e. The molecule has 2 N–H and O–H groups in total. The molecule has 0 spiro atoms. The van der Waals surface area contributed by atoms with E-state index in [2.05, 4.69) is 0 Å². The van der Waals surface area contributed by atoms with E-state index in [1.54, 1.807) is 6.19 Å². The fraction of sp³-hybridized carbons (Fsp3) is 0.333. The van der Waals surface area contributed by atoms with Crippen LogP contribution in [0.4, 0.5) is 0 Å². The molecule has 0 aromatic rings. The molecule has 0 aromatic heterocycles. The topological polar surface area (TPSA) is 57.5 Å². The number of carbonyl (C=O) groups excluding carboxylic acids is 1. The van der Waals surface area contributed by atoms with Crippen molar-refractivity contribution in [2.75, 3.05) is 0 Å². The van der Waals surface area contributed by atoms with E-state index in [-0.39, 0.29) is 5.91 Å². The fourth-order valence-corrected chi connectivity index (χ4v) is 0.0909. The summed E-state index contributed by atoms with van der Waals surface area (Å²) in [5.41, 5.74) is 0. The van der Waals surface area contributed by atoms with Gasteiger partial charge in [0.2, 0.25) is 0 Å². The second kappa shape index (κ2) is 2.36. The summed E-state index contributed by atoms with van der Waals surface area (Å²) >= 11 is 0. The summed E-state index contributed by atoms with van der Waals surface area (Å²) < 4.78 is 0. The zero-order valence-corrected chi connectivity index (χ0v) is 3.43. The lowest BCUT2D eigenvalue weighted by Crippen LogP contribution is -2.82. The molecule has 0 bridgehead atoms. The highest BCUT2D eigenvalue weighted by atomic mass is 16.1. The molecule has 0 aliphatic rings. The number of rotatable bonds is 0. The number of amides is 1. The Morgan fingerprint density at radius 2 is 2.50 bits per heavy atom. The Morgan fingerprint density at radius 3 is 2.50 bits per heavy atom. The Balaban J connectivity index is 3.13. The van der Waals surface area contributed by atoms with Crippen molar-refractivity contribution in [1.29, 1.82) is 5.26 Å². The number of nitrogens with two attached hydrogens (primary N) is 1. The minimum atomic E-state index is -0.197. The van der Waals surface area contributed by atoms with Gasteiger partial charge in [0, 0.05) is 0 Å². The van der Waals surface area contributed by atoms with E-state index in [9.17, 15) is 4.79 Å². The molecule has 3 heteroatoms. The Bertz CT molecular complexity index is 91.5. The average molecular weight is 85.1 g/mol.